The van der Waals surface area contributed by atoms with Crippen LogP contribution in [0.4, 0.5) is 0 Å². The van der Waals surface area contributed by atoms with Gasteiger partial charge in [0.1, 0.15) is 0 Å². The van der Waals surface area contributed by atoms with Gasteiger partial charge in [-0.05, 0) is 38.0 Å². The average molecular weight is 201 g/mol. The zero-order chi connectivity index (χ0) is 9.42. The Balaban J connectivity index is 1.91. The third-order valence-electron chi connectivity index (χ3n) is 3.44. The summed E-state index contributed by atoms with van der Waals surface area (Å²) in [6.07, 6.45) is 5.26. The average Bonchev–Trinajstić information content (AvgIpc) is 2.62. The second-order valence-corrected chi connectivity index (χ2v) is 6.44. The van der Waals surface area contributed by atoms with Crippen LogP contribution in [0.15, 0.2) is 0 Å². The molecule has 2 fully saturated rings. The van der Waals surface area contributed by atoms with Crippen molar-refractivity contribution in [2.45, 2.75) is 43.9 Å². The van der Waals surface area contributed by atoms with E-state index in [0.29, 0.717) is 11.0 Å². The Hall–Kier alpha value is 0.110. The summed E-state index contributed by atoms with van der Waals surface area (Å²) in [5.74, 6) is 2.37. The van der Waals surface area contributed by atoms with E-state index in [-0.39, 0.29) is 6.04 Å². The van der Waals surface area contributed by atoms with Crippen LogP contribution in [0.2, 0.25) is 0 Å². The van der Waals surface area contributed by atoms with Gasteiger partial charge in [0, 0.05) is 27.8 Å². The molecule has 0 saturated heterocycles. The third kappa shape index (κ3) is 1.96. The first-order valence-electron chi connectivity index (χ1n) is 5.29. The van der Waals surface area contributed by atoms with E-state index in [0.717, 1.165) is 11.8 Å². The van der Waals surface area contributed by atoms with Crippen LogP contribution >= 0.6 is 0 Å². The normalized spacial score (nSPS) is 42.2. The Morgan fingerprint density at radius 3 is 2.69 bits per heavy atom. The van der Waals surface area contributed by atoms with Gasteiger partial charge in [-0.15, -0.1) is 0 Å². The Bertz CT molecular complexity index is 217. The van der Waals surface area contributed by atoms with Crippen molar-refractivity contribution in [1.29, 1.82) is 0 Å². The predicted octanol–water partition coefficient (Wildman–Crippen LogP) is 1.27. The van der Waals surface area contributed by atoms with E-state index < -0.39 is 10.8 Å². The van der Waals surface area contributed by atoms with Crippen molar-refractivity contribution in [2.24, 2.45) is 17.6 Å². The van der Waals surface area contributed by atoms with Crippen molar-refractivity contribution in [3.05, 3.63) is 0 Å². The first kappa shape index (κ1) is 9.66. The summed E-state index contributed by atoms with van der Waals surface area (Å²) < 4.78 is 11.9. The molecule has 2 N–H and O–H groups in total. The van der Waals surface area contributed by atoms with Crippen LogP contribution in [0.3, 0.4) is 0 Å². The van der Waals surface area contributed by atoms with Crippen LogP contribution in [-0.4, -0.2) is 21.3 Å². The molecule has 2 rings (SSSR count). The fraction of sp³-hybridized carbons (Fsp3) is 1.00. The lowest BCUT2D eigenvalue weighted by atomic mass is 10.0. The minimum absolute atomic E-state index is 0.0972. The van der Waals surface area contributed by atoms with Gasteiger partial charge < -0.3 is 5.73 Å². The molecule has 0 spiro atoms. The molecule has 2 bridgehead atoms. The lowest BCUT2D eigenvalue weighted by molar-refractivity contribution is 0.481. The van der Waals surface area contributed by atoms with Gasteiger partial charge >= 0.3 is 0 Å². The maximum Gasteiger partial charge on any atom is 0.0386 e. The summed E-state index contributed by atoms with van der Waals surface area (Å²) in [5, 5.41) is 0.491. The van der Waals surface area contributed by atoms with Crippen molar-refractivity contribution in [3.8, 4) is 0 Å². The van der Waals surface area contributed by atoms with E-state index in [1.807, 2.05) is 6.92 Å². The molecule has 2 aliphatic rings. The SMILES string of the molecule is CC(N)CS(=O)C1CC2CCC1C2. The molecular weight excluding hydrogens is 182 g/mol. The summed E-state index contributed by atoms with van der Waals surface area (Å²) in [4.78, 5) is 0. The summed E-state index contributed by atoms with van der Waals surface area (Å²) in [6, 6.07) is 0.0972. The summed E-state index contributed by atoms with van der Waals surface area (Å²) in [5.41, 5.74) is 5.67. The number of hydrogen-bond acceptors (Lipinski definition) is 2. The molecule has 0 heterocycles. The highest BCUT2D eigenvalue weighted by Crippen LogP contribution is 2.46. The first-order valence-corrected chi connectivity index (χ1v) is 6.67. The smallest absolute Gasteiger partial charge is 0.0386 e. The number of nitrogens with two attached hydrogens (primary N) is 1. The maximum absolute atomic E-state index is 11.9. The topological polar surface area (TPSA) is 43.1 Å². The fourth-order valence-electron chi connectivity index (χ4n) is 2.89. The van der Waals surface area contributed by atoms with E-state index in [1.165, 1.54) is 25.7 Å². The van der Waals surface area contributed by atoms with Crippen molar-refractivity contribution < 1.29 is 4.21 Å². The summed E-state index contributed by atoms with van der Waals surface area (Å²) >= 11 is 0. The highest BCUT2D eigenvalue weighted by molar-refractivity contribution is 7.85. The van der Waals surface area contributed by atoms with Gasteiger partial charge in [0.15, 0.2) is 0 Å². The van der Waals surface area contributed by atoms with Crippen molar-refractivity contribution >= 4 is 10.8 Å². The highest BCUT2D eigenvalue weighted by Gasteiger charge is 2.42. The highest BCUT2D eigenvalue weighted by atomic mass is 32.2. The molecule has 0 aliphatic heterocycles. The number of fused-ring (bicyclic) bond motifs is 2. The minimum Gasteiger partial charge on any atom is -0.327 e. The second kappa shape index (κ2) is 3.70. The van der Waals surface area contributed by atoms with Gasteiger partial charge in [-0.3, -0.25) is 4.21 Å². The summed E-state index contributed by atoms with van der Waals surface area (Å²) in [7, 11) is -0.650. The maximum atomic E-state index is 11.9. The quantitative estimate of drug-likeness (QED) is 0.747. The molecule has 76 valence electrons. The van der Waals surface area contributed by atoms with Gasteiger partial charge in [-0.2, -0.15) is 0 Å². The molecule has 13 heavy (non-hydrogen) atoms. The van der Waals surface area contributed by atoms with E-state index in [1.54, 1.807) is 0 Å². The molecule has 2 aliphatic carbocycles. The third-order valence-corrected chi connectivity index (χ3v) is 5.55. The molecule has 3 heteroatoms. The predicted molar refractivity (Wildman–Crippen MR) is 55.9 cm³/mol. The molecular formula is C10H19NOS. The van der Waals surface area contributed by atoms with Crippen LogP contribution in [0.25, 0.3) is 0 Å². The van der Waals surface area contributed by atoms with E-state index >= 15 is 0 Å². The molecule has 0 aromatic heterocycles. The lowest BCUT2D eigenvalue weighted by Crippen LogP contribution is -2.31. The number of hydrogen-bond donors (Lipinski definition) is 1. The molecule has 0 aromatic rings. The van der Waals surface area contributed by atoms with Crippen LogP contribution in [0.1, 0.15) is 32.6 Å². The number of rotatable bonds is 3. The molecule has 2 saturated carbocycles. The van der Waals surface area contributed by atoms with Crippen LogP contribution < -0.4 is 5.73 Å². The fourth-order valence-corrected chi connectivity index (χ4v) is 4.82. The molecule has 2 nitrogen and oxygen atoms in total. The van der Waals surface area contributed by atoms with E-state index in [9.17, 15) is 4.21 Å². The second-order valence-electron chi connectivity index (χ2n) is 4.74. The first-order chi connectivity index (χ1) is 6.16. The zero-order valence-electron chi connectivity index (χ0n) is 8.24. The van der Waals surface area contributed by atoms with Crippen molar-refractivity contribution in [2.75, 3.05) is 5.75 Å². The zero-order valence-corrected chi connectivity index (χ0v) is 9.06. The standard InChI is InChI=1S/C10H19NOS/c1-7(11)6-13(12)10-5-8-2-3-9(10)4-8/h7-10H,2-6,11H2,1H3. The minimum atomic E-state index is -0.650. The van der Waals surface area contributed by atoms with Gasteiger partial charge in [0.25, 0.3) is 0 Å². The monoisotopic (exact) mass is 201 g/mol. The molecule has 0 radical (unpaired) electrons. The van der Waals surface area contributed by atoms with Crippen LogP contribution in [0.5, 0.6) is 0 Å². The Morgan fingerprint density at radius 1 is 1.46 bits per heavy atom. The van der Waals surface area contributed by atoms with E-state index in [2.05, 4.69) is 0 Å². The van der Waals surface area contributed by atoms with Gasteiger partial charge in [0.05, 0.1) is 0 Å². The van der Waals surface area contributed by atoms with Gasteiger partial charge in [-0.25, -0.2) is 0 Å². The van der Waals surface area contributed by atoms with Gasteiger partial charge in [0.2, 0.25) is 0 Å². The Kier molecular flexibility index (Phi) is 2.75. The Morgan fingerprint density at radius 2 is 2.23 bits per heavy atom. The van der Waals surface area contributed by atoms with Crippen molar-refractivity contribution in [1.82, 2.24) is 0 Å². The largest absolute Gasteiger partial charge is 0.327 e. The van der Waals surface area contributed by atoms with Gasteiger partial charge in [-0.1, -0.05) is 6.42 Å². The molecule has 5 unspecified atom stereocenters. The molecule has 5 atom stereocenters. The van der Waals surface area contributed by atoms with Crippen molar-refractivity contribution in [3.63, 3.8) is 0 Å². The van der Waals surface area contributed by atoms with Crippen LogP contribution in [0, 0.1) is 11.8 Å². The van der Waals surface area contributed by atoms with Crippen LogP contribution in [-0.2, 0) is 10.8 Å². The van der Waals surface area contributed by atoms with E-state index in [4.69, 9.17) is 5.73 Å². The summed E-state index contributed by atoms with van der Waals surface area (Å²) in [6.45, 7) is 1.95. The molecule has 0 amide bonds. The lowest BCUT2D eigenvalue weighted by Gasteiger charge is -2.21. The molecule has 0 aromatic carbocycles. The Labute approximate surface area is 82.7 Å².